The molecule has 1 heterocycles. The van der Waals surface area contributed by atoms with Crippen LogP contribution in [0.15, 0.2) is 0 Å². The van der Waals surface area contributed by atoms with Gasteiger partial charge >= 0.3 is 0 Å². The van der Waals surface area contributed by atoms with Crippen LogP contribution in [0.3, 0.4) is 0 Å². The summed E-state index contributed by atoms with van der Waals surface area (Å²) in [6.07, 6.45) is 11.1. The average Bonchev–Trinajstić information content (AvgIpc) is 2.71. The zero-order chi connectivity index (χ0) is 14.8. The number of carbonyl (C=O) groups excluding carboxylic acids is 2. The Bertz CT molecular complexity index is 398. The van der Waals surface area contributed by atoms with Gasteiger partial charge in [-0.05, 0) is 43.9 Å². The maximum absolute atomic E-state index is 12.2. The van der Waals surface area contributed by atoms with E-state index in [2.05, 4.69) is 5.32 Å². The molecule has 0 radical (unpaired) electrons. The van der Waals surface area contributed by atoms with Crippen LogP contribution in [0.2, 0.25) is 0 Å². The van der Waals surface area contributed by atoms with Crippen LogP contribution in [0.5, 0.6) is 0 Å². The van der Waals surface area contributed by atoms with Crippen molar-refractivity contribution >= 4 is 11.8 Å². The van der Waals surface area contributed by atoms with Gasteiger partial charge in [0.05, 0.1) is 0 Å². The fourth-order valence-corrected chi connectivity index (χ4v) is 4.25. The molecule has 1 saturated heterocycles. The quantitative estimate of drug-likeness (QED) is 0.865. The van der Waals surface area contributed by atoms with Crippen LogP contribution in [0.25, 0.3) is 0 Å². The van der Waals surface area contributed by atoms with Crippen molar-refractivity contribution in [3.8, 4) is 0 Å². The molecule has 1 unspecified atom stereocenters. The molecule has 2 aliphatic carbocycles. The summed E-state index contributed by atoms with van der Waals surface area (Å²) in [6.45, 7) is 0. The minimum Gasteiger partial charge on any atom is -0.353 e. The molecular weight excluding hydrogens is 264 g/mol. The third-order valence-corrected chi connectivity index (χ3v) is 6.01. The Morgan fingerprint density at radius 2 is 1.76 bits per heavy atom. The Morgan fingerprint density at radius 3 is 2.29 bits per heavy atom. The number of hydrogen-bond donors (Lipinski definition) is 1. The third-order valence-electron chi connectivity index (χ3n) is 6.01. The van der Waals surface area contributed by atoms with Crippen molar-refractivity contribution in [2.75, 3.05) is 7.05 Å². The largest absolute Gasteiger partial charge is 0.353 e. The van der Waals surface area contributed by atoms with E-state index in [0.29, 0.717) is 18.9 Å². The Balaban J connectivity index is 1.38. The number of carbonyl (C=O) groups is 2. The van der Waals surface area contributed by atoms with Crippen molar-refractivity contribution in [1.29, 1.82) is 0 Å². The van der Waals surface area contributed by atoms with E-state index in [1.165, 1.54) is 32.1 Å². The molecule has 118 valence electrons. The molecule has 1 atom stereocenters. The fourth-order valence-electron chi connectivity index (χ4n) is 4.25. The summed E-state index contributed by atoms with van der Waals surface area (Å²) in [4.78, 5) is 25.4. The van der Waals surface area contributed by atoms with E-state index >= 15 is 0 Å². The molecule has 2 amide bonds. The molecule has 3 fully saturated rings. The minimum atomic E-state index is 0.115. The van der Waals surface area contributed by atoms with Gasteiger partial charge in [-0.15, -0.1) is 0 Å². The number of amides is 2. The summed E-state index contributed by atoms with van der Waals surface area (Å²) >= 11 is 0. The van der Waals surface area contributed by atoms with Crippen molar-refractivity contribution in [2.45, 2.75) is 76.3 Å². The van der Waals surface area contributed by atoms with Gasteiger partial charge < -0.3 is 10.2 Å². The maximum Gasteiger partial charge on any atom is 0.222 e. The second-order valence-electron chi connectivity index (χ2n) is 7.27. The lowest BCUT2D eigenvalue weighted by Gasteiger charge is -2.38. The van der Waals surface area contributed by atoms with E-state index in [1.807, 2.05) is 7.05 Å². The van der Waals surface area contributed by atoms with Gasteiger partial charge in [0.2, 0.25) is 11.8 Å². The van der Waals surface area contributed by atoms with E-state index in [4.69, 9.17) is 0 Å². The monoisotopic (exact) mass is 292 g/mol. The lowest BCUT2D eigenvalue weighted by molar-refractivity contribution is -0.128. The summed E-state index contributed by atoms with van der Waals surface area (Å²) in [5.74, 6) is 2.22. The minimum absolute atomic E-state index is 0.115. The highest BCUT2D eigenvalue weighted by Gasteiger charge is 2.33. The van der Waals surface area contributed by atoms with Gasteiger partial charge in [0.1, 0.15) is 0 Å². The topological polar surface area (TPSA) is 49.4 Å². The Labute approximate surface area is 127 Å². The van der Waals surface area contributed by atoms with Crippen molar-refractivity contribution < 1.29 is 9.59 Å². The number of rotatable bonds is 4. The summed E-state index contributed by atoms with van der Waals surface area (Å²) in [7, 11) is 1.82. The highest BCUT2D eigenvalue weighted by Crippen LogP contribution is 2.40. The van der Waals surface area contributed by atoms with E-state index < -0.39 is 0 Å². The molecular formula is C17H28N2O2. The number of nitrogens with one attached hydrogen (secondary N) is 1. The van der Waals surface area contributed by atoms with Crippen LogP contribution in [-0.2, 0) is 9.59 Å². The van der Waals surface area contributed by atoms with Crippen LogP contribution in [0, 0.1) is 11.8 Å². The predicted octanol–water partition coefficient (Wildman–Crippen LogP) is 2.47. The van der Waals surface area contributed by atoms with Gasteiger partial charge in [-0.25, -0.2) is 0 Å². The number of nitrogens with zero attached hydrogens (tertiary/aromatic N) is 1. The van der Waals surface area contributed by atoms with Crippen LogP contribution in [0.4, 0.5) is 0 Å². The van der Waals surface area contributed by atoms with E-state index in [0.717, 1.165) is 31.1 Å². The lowest BCUT2D eigenvalue weighted by atomic mass is 9.69. The van der Waals surface area contributed by atoms with Gasteiger partial charge in [-0.1, -0.05) is 19.3 Å². The van der Waals surface area contributed by atoms with Gasteiger partial charge in [-0.2, -0.15) is 0 Å². The molecule has 0 bridgehead atoms. The van der Waals surface area contributed by atoms with Crippen LogP contribution in [-0.4, -0.2) is 35.8 Å². The van der Waals surface area contributed by atoms with E-state index in [1.54, 1.807) is 4.90 Å². The highest BCUT2D eigenvalue weighted by molar-refractivity contribution is 5.81. The molecule has 0 aromatic heterocycles. The molecule has 4 nitrogen and oxygen atoms in total. The molecule has 0 aromatic carbocycles. The number of likely N-dealkylation sites (tertiary alicyclic amines) is 1. The summed E-state index contributed by atoms with van der Waals surface area (Å²) < 4.78 is 0. The first kappa shape index (κ1) is 14.9. The molecule has 21 heavy (non-hydrogen) atoms. The first-order valence-corrected chi connectivity index (χ1v) is 8.68. The van der Waals surface area contributed by atoms with E-state index in [-0.39, 0.29) is 17.9 Å². The van der Waals surface area contributed by atoms with Gasteiger partial charge in [0.25, 0.3) is 0 Å². The Hall–Kier alpha value is -1.06. The number of hydrogen-bond acceptors (Lipinski definition) is 2. The predicted molar refractivity (Wildman–Crippen MR) is 81.6 cm³/mol. The molecule has 0 aromatic rings. The average molecular weight is 292 g/mol. The lowest BCUT2D eigenvalue weighted by Crippen LogP contribution is -2.41. The molecule has 3 aliphatic rings. The van der Waals surface area contributed by atoms with Crippen molar-refractivity contribution in [2.24, 2.45) is 11.8 Å². The van der Waals surface area contributed by atoms with Gasteiger partial charge in [0.15, 0.2) is 0 Å². The van der Waals surface area contributed by atoms with Crippen molar-refractivity contribution in [3.63, 3.8) is 0 Å². The first-order valence-electron chi connectivity index (χ1n) is 8.68. The standard InChI is InChI=1S/C17H28N2O2/c1-19-15(9-10-17(19)21)11-16(20)18-14-7-5-13(6-8-14)12-3-2-4-12/h12-15H,2-11H2,1H3,(H,18,20). The van der Waals surface area contributed by atoms with Gasteiger partial charge in [0, 0.05) is 32.0 Å². The molecule has 2 saturated carbocycles. The van der Waals surface area contributed by atoms with Gasteiger partial charge in [-0.3, -0.25) is 9.59 Å². The van der Waals surface area contributed by atoms with E-state index in [9.17, 15) is 9.59 Å². The normalized spacial score (nSPS) is 33.9. The third kappa shape index (κ3) is 3.41. The zero-order valence-corrected chi connectivity index (χ0v) is 13.1. The smallest absolute Gasteiger partial charge is 0.222 e. The van der Waals surface area contributed by atoms with Crippen molar-refractivity contribution in [3.05, 3.63) is 0 Å². The molecule has 4 heteroatoms. The zero-order valence-electron chi connectivity index (χ0n) is 13.1. The van der Waals surface area contributed by atoms with Crippen LogP contribution >= 0.6 is 0 Å². The maximum atomic E-state index is 12.2. The molecule has 0 spiro atoms. The first-order chi connectivity index (χ1) is 10.1. The Kier molecular flexibility index (Phi) is 4.51. The van der Waals surface area contributed by atoms with Crippen LogP contribution < -0.4 is 5.32 Å². The van der Waals surface area contributed by atoms with Crippen molar-refractivity contribution in [1.82, 2.24) is 10.2 Å². The highest BCUT2D eigenvalue weighted by atomic mass is 16.2. The fraction of sp³-hybridized carbons (Fsp3) is 0.882. The van der Waals surface area contributed by atoms with Crippen LogP contribution in [0.1, 0.15) is 64.2 Å². The second-order valence-corrected chi connectivity index (χ2v) is 7.27. The SMILES string of the molecule is CN1C(=O)CCC1CC(=O)NC1CCC(C2CCC2)CC1. The molecule has 1 N–H and O–H groups in total. The summed E-state index contributed by atoms with van der Waals surface area (Å²) in [5, 5.41) is 3.20. The summed E-state index contributed by atoms with van der Waals surface area (Å²) in [6, 6.07) is 0.486. The second kappa shape index (κ2) is 6.37. The summed E-state index contributed by atoms with van der Waals surface area (Å²) in [5.41, 5.74) is 0. The molecule has 1 aliphatic heterocycles. The molecule has 3 rings (SSSR count). The Morgan fingerprint density at radius 1 is 1.10 bits per heavy atom.